The van der Waals surface area contributed by atoms with Crippen molar-refractivity contribution >= 4 is 41.7 Å². The highest BCUT2D eigenvalue weighted by Crippen LogP contribution is 2.13. The number of amides is 1. The van der Waals surface area contributed by atoms with Crippen LogP contribution in [0.2, 0.25) is 0 Å². The van der Waals surface area contributed by atoms with E-state index in [1.165, 1.54) is 12.7 Å². The highest BCUT2D eigenvalue weighted by molar-refractivity contribution is 14.0. The van der Waals surface area contributed by atoms with Crippen LogP contribution < -0.4 is 16.0 Å². The van der Waals surface area contributed by atoms with E-state index in [0.29, 0.717) is 18.2 Å². The molecule has 0 aromatic heterocycles. The standard InChI is InChI=1S/C21H28N4O2.HI/c1-4-22-20(23-14-16(2)18-8-6-5-7-9-18)24-15-17-10-12-19(13-11-17)25-21(26)27-3;/h5-13,16H,4,14-15H2,1-3H3,(H,25,26)(H2,22,23,24);1H. The Bertz CT molecular complexity index is 736. The van der Waals surface area contributed by atoms with Crippen molar-refractivity contribution < 1.29 is 9.53 Å². The second-order valence-electron chi connectivity index (χ2n) is 6.20. The molecule has 0 saturated carbocycles. The second kappa shape index (κ2) is 13.0. The van der Waals surface area contributed by atoms with Gasteiger partial charge >= 0.3 is 6.09 Å². The van der Waals surface area contributed by atoms with Gasteiger partial charge in [-0.1, -0.05) is 49.4 Å². The van der Waals surface area contributed by atoms with E-state index in [4.69, 9.17) is 0 Å². The molecule has 0 radical (unpaired) electrons. The Morgan fingerprint density at radius 2 is 1.75 bits per heavy atom. The summed E-state index contributed by atoms with van der Waals surface area (Å²) in [6.45, 7) is 6.39. The Morgan fingerprint density at radius 1 is 1.07 bits per heavy atom. The number of nitrogens with one attached hydrogen (secondary N) is 3. The molecule has 7 heteroatoms. The summed E-state index contributed by atoms with van der Waals surface area (Å²) in [6, 6.07) is 18.0. The zero-order chi connectivity index (χ0) is 19.5. The third-order valence-corrected chi connectivity index (χ3v) is 4.09. The van der Waals surface area contributed by atoms with E-state index >= 15 is 0 Å². The number of nitrogens with zero attached hydrogens (tertiary/aromatic N) is 1. The fraction of sp³-hybridized carbons (Fsp3) is 0.333. The smallest absolute Gasteiger partial charge is 0.411 e. The largest absolute Gasteiger partial charge is 0.453 e. The van der Waals surface area contributed by atoms with Gasteiger partial charge in [-0.15, -0.1) is 24.0 Å². The van der Waals surface area contributed by atoms with Crippen molar-refractivity contribution in [3.63, 3.8) is 0 Å². The number of benzene rings is 2. The molecule has 1 amide bonds. The van der Waals surface area contributed by atoms with E-state index in [-0.39, 0.29) is 24.0 Å². The van der Waals surface area contributed by atoms with Gasteiger partial charge in [-0.25, -0.2) is 9.79 Å². The molecule has 0 fully saturated rings. The molecule has 0 aliphatic rings. The molecule has 2 rings (SSSR count). The second-order valence-corrected chi connectivity index (χ2v) is 6.20. The van der Waals surface area contributed by atoms with Crippen molar-refractivity contribution in [3.05, 3.63) is 65.7 Å². The van der Waals surface area contributed by atoms with Crippen LogP contribution in [0.15, 0.2) is 59.6 Å². The molecule has 2 aromatic carbocycles. The SMILES string of the molecule is CCNC(=NCc1ccc(NC(=O)OC)cc1)NCC(C)c1ccccc1.I. The summed E-state index contributed by atoms with van der Waals surface area (Å²) in [4.78, 5) is 15.8. The topological polar surface area (TPSA) is 74.8 Å². The number of carbonyl (C=O) groups is 1. The molecule has 0 spiro atoms. The molecule has 0 aliphatic heterocycles. The first-order valence-corrected chi connectivity index (χ1v) is 9.13. The molecule has 0 bridgehead atoms. The Labute approximate surface area is 184 Å². The number of rotatable bonds is 7. The molecular formula is C21H29IN4O2. The lowest BCUT2D eigenvalue weighted by Gasteiger charge is -2.16. The normalized spacial score (nSPS) is 11.8. The van der Waals surface area contributed by atoms with Gasteiger partial charge in [0.1, 0.15) is 0 Å². The maximum atomic E-state index is 11.2. The average molecular weight is 496 g/mol. The predicted molar refractivity (Wildman–Crippen MR) is 126 cm³/mol. The number of methoxy groups -OCH3 is 1. The van der Waals surface area contributed by atoms with Crippen LogP contribution in [0.25, 0.3) is 0 Å². The van der Waals surface area contributed by atoms with E-state index in [0.717, 1.165) is 24.6 Å². The lowest BCUT2D eigenvalue weighted by molar-refractivity contribution is 0.187. The van der Waals surface area contributed by atoms with Crippen molar-refractivity contribution in [2.45, 2.75) is 26.3 Å². The number of hydrogen-bond acceptors (Lipinski definition) is 3. The van der Waals surface area contributed by atoms with Gasteiger partial charge < -0.3 is 15.4 Å². The van der Waals surface area contributed by atoms with Gasteiger partial charge in [0, 0.05) is 18.8 Å². The molecule has 28 heavy (non-hydrogen) atoms. The van der Waals surface area contributed by atoms with Gasteiger partial charge in [0.2, 0.25) is 0 Å². The summed E-state index contributed by atoms with van der Waals surface area (Å²) >= 11 is 0. The van der Waals surface area contributed by atoms with E-state index in [1.54, 1.807) is 0 Å². The summed E-state index contributed by atoms with van der Waals surface area (Å²) in [5.41, 5.74) is 3.05. The Morgan fingerprint density at radius 3 is 2.36 bits per heavy atom. The van der Waals surface area contributed by atoms with Crippen molar-refractivity contribution in [2.75, 3.05) is 25.5 Å². The van der Waals surface area contributed by atoms with Gasteiger partial charge in [-0.2, -0.15) is 0 Å². The fourth-order valence-electron chi connectivity index (χ4n) is 2.52. The van der Waals surface area contributed by atoms with Gasteiger partial charge in [-0.3, -0.25) is 5.32 Å². The summed E-state index contributed by atoms with van der Waals surface area (Å²) in [6.07, 6.45) is -0.480. The van der Waals surface area contributed by atoms with Crippen LogP contribution >= 0.6 is 24.0 Å². The maximum Gasteiger partial charge on any atom is 0.411 e. The first-order valence-electron chi connectivity index (χ1n) is 9.13. The number of guanidine groups is 1. The number of anilines is 1. The van der Waals surface area contributed by atoms with Gasteiger partial charge in [0.15, 0.2) is 5.96 Å². The molecule has 1 atom stereocenters. The Hall–Kier alpha value is -2.29. The van der Waals surface area contributed by atoms with Gasteiger partial charge in [0.05, 0.1) is 13.7 Å². The summed E-state index contributed by atoms with van der Waals surface area (Å²) in [5.74, 6) is 1.18. The van der Waals surface area contributed by atoms with Gasteiger partial charge in [0.25, 0.3) is 0 Å². The highest BCUT2D eigenvalue weighted by Gasteiger charge is 2.06. The summed E-state index contributed by atoms with van der Waals surface area (Å²) in [5, 5.41) is 9.30. The van der Waals surface area contributed by atoms with Crippen molar-refractivity contribution in [1.29, 1.82) is 0 Å². The molecule has 152 valence electrons. The van der Waals surface area contributed by atoms with Crippen LogP contribution in [0.5, 0.6) is 0 Å². The number of aliphatic imine (C=N–C) groups is 1. The fourth-order valence-corrected chi connectivity index (χ4v) is 2.52. The van der Waals surface area contributed by atoms with Crippen LogP contribution in [-0.4, -0.2) is 32.3 Å². The number of carbonyl (C=O) groups excluding carboxylic acids is 1. The molecule has 3 N–H and O–H groups in total. The molecule has 0 heterocycles. The summed E-state index contributed by atoms with van der Waals surface area (Å²) < 4.78 is 4.58. The number of ether oxygens (including phenoxy) is 1. The van der Waals surface area contributed by atoms with Crippen LogP contribution in [0.1, 0.15) is 30.9 Å². The lowest BCUT2D eigenvalue weighted by atomic mass is 10.0. The highest BCUT2D eigenvalue weighted by atomic mass is 127. The monoisotopic (exact) mass is 496 g/mol. The third kappa shape index (κ3) is 8.16. The van der Waals surface area contributed by atoms with E-state index in [9.17, 15) is 4.79 Å². The molecule has 0 aliphatic carbocycles. The first-order chi connectivity index (χ1) is 13.1. The Kier molecular flexibility index (Phi) is 11.0. The zero-order valence-electron chi connectivity index (χ0n) is 16.6. The summed E-state index contributed by atoms with van der Waals surface area (Å²) in [7, 11) is 1.34. The zero-order valence-corrected chi connectivity index (χ0v) is 18.9. The van der Waals surface area contributed by atoms with Crippen molar-refractivity contribution in [3.8, 4) is 0 Å². The molecular weight excluding hydrogens is 467 g/mol. The minimum absolute atomic E-state index is 0. The lowest BCUT2D eigenvalue weighted by Crippen LogP contribution is -2.39. The van der Waals surface area contributed by atoms with Crippen LogP contribution in [0.4, 0.5) is 10.5 Å². The third-order valence-electron chi connectivity index (χ3n) is 4.09. The molecule has 2 aromatic rings. The van der Waals surface area contributed by atoms with Crippen molar-refractivity contribution in [1.82, 2.24) is 10.6 Å². The quantitative estimate of drug-likeness (QED) is 0.303. The number of halogens is 1. The van der Waals surface area contributed by atoms with Crippen molar-refractivity contribution in [2.24, 2.45) is 4.99 Å². The van der Waals surface area contributed by atoms with Crippen LogP contribution in [0.3, 0.4) is 0 Å². The minimum atomic E-state index is -0.480. The van der Waals surface area contributed by atoms with Crippen LogP contribution in [-0.2, 0) is 11.3 Å². The molecule has 1 unspecified atom stereocenters. The van der Waals surface area contributed by atoms with Crippen LogP contribution in [0, 0.1) is 0 Å². The van der Waals surface area contributed by atoms with E-state index in [2.05, 4.69) is 56.9 Å². The molecule has 0 saturated heterocycles. The average Bonchev–Trinajstić information content (AvgIpc) is 2.71. The van der Waals surface area contributed by atoms with E-state index < -0.39 is 6.09 Å². The Balaban J connectivity index is 0.00000392. The van der Waals surface area contributed by atoms with E-state index in [1.807, 2.05) is 37.3 Å². The number of hydrogen-bond donors (Lipinski definition) is 3. The molecule has 6 nitrogen and oxygen atoms in total. The maximum absolute atomic E-state index is 11.2. The van der Waals surface area contributed by atoms with Gasteiger partial charge in [-0.05, 0) is 36.1 Å². The first kappa shape index (κ1) is 23.7. The minimum Gasteiger partial charge on any atom is -0.453 e. The predicted octanol–water partition coefficient (Wildman–Crippen LogP) is 4.34.